The molecule has 0 radical (unpaired) electrons. The van der Waals surface area contributed by atoms with E-state index in [9.17, 15) is 4.79 Å². The molecule has 27 heavy (non-hydrogen) atoms. The van der Waals surface area contributed by atoms with E-state index in [4.69, 9.17) is 4.98 Å². The van der Waals surface area contributed by atoms with E-state index >= 15 is 0 Å². The summed E-state index contributed by atoms with van der Waals surface area (Å²) in [4.78, 5) is 22.3. The number of pyridine rings is 1. The Morgan fingerprint density at radius 2 is 1.70 bits per heavy atom. The topological polar surface area (TPSA) is 90.2 Å². The summed E-state index contributed by atoms with van der Waals surface area (Å²) in [5.41, 5.74) is 8.31. The van der Waals surface area contributed by atoms with Gasteiger partial charge in [0.1, 0.15) is 0 Å². The van der Waals surface area contributed by atoms with Crippen molar-refractivity contribution >= 4 is 32.8 Å². The van der Waals surface area contributed by atoms with E-state index in [1.54, 1.807) is 0 Å². The molecule has 6 rings (SSSR count). The summed E-state index contributed by atoms with van der Waals surface area (Å²) in [7, 11) is 0. The number of aryl methyl sites for hydroxylation is 1. The van der Waals surface area contributed by atoms with E-state index in [2.05, 4.69) is 26.2 Å². The molecular weight excluding hydrogens is 338 g/mol. The minimum atomic E-state index is -0.182. The highest BCUT2D eigenvalue weighted by molar-refractivity contribution is 6.07. The van der Waals surface area contributed by atoms with Crippen LogP contribution in [0.2, 0.25) is 0 Å². The number of rotatable bonds is 1. The molecule has 132 valence electrons. The highest BCUT2D eigenvalue weighted by atomic mass is 16.1. The van der Waals surface area contributed by atoms with Crippen LogP contribution in [0.1, 0.15) is 24.0 Å². The van der Waals surface area contributed by atoms with Crippen molar-refractivity contribution < 1.29 is 0 Å². The smallest absolute Gasteiger partial charge is 0.306 e. The molecule has 6 heteroatoms. The number of fused-ring (bicyclic) bond motifs is 6. The highest BCUT2D eigenvalue weighted by Gasteiger charge is 2.21. The molecule has 6 nitrogen and oxygen atoms in total. The molecule has 0 atom stereocenters. The lowest BCUT2D eigenvalue weighted by Crippen LogP contribution is -2.07. The molecule has 0 fully saturated rings. The number of hydrogen-bond acceptors (Lipinski definition) is 3. The summed E-state index contributed by atoms with van der Waals surface area (Å²) < 4.78 is 0. The number of imidazole rings is 1. The first-order valence-corrected chi connectivity index (χ1v) is 9.28. The van der Waals surface area contributed by atoms with Crippen LogP contribution < -0.4 is 5.69 Å². The van der Waals surface area contributed by atoms with Crippen molar-refractivity contribution in [3.05, 3.63) is 58.1 Å². The summed E-state index contributed by atoms with van der Waals surface area (Å²) in [6.45, 7) is 0. The van der Waals surface area contributed by atoms with Crippen molar-refractivity contribution in [2.24, 2.45) is 0 Å². The van der Waals surface area contributed by atoms with Crippen molar-refractivity contribution in [3.8, 4) is 11.3 Å². The lowest BCUT2D eigenvalue weighted by molar-refractivity contribution is 0.689. The van der Waals surface area contributed by atoms with Gasteiger partial charge in [0, 0.05) is 16.3 Å². The predicted octanol–water partition coefficient (Wildman–Crippen LogP) is 3.83. The Kier molecular flexibility index (Phi) is 2.89. The molecule has 3 N–H and O–H groups in total. The molecule has 0 saturated carbocycles. The highest BCUT2D eigenvalue weighted by Crippen LogP contribution is 2.38. The van der Waals surface area contributed by atoms with Gasteiger partial charge in [0.25, 0.3) is 0 Å². The monoisotopic (exact) mass is 355 g/mol. The second kappa shape index (κ2) is 5.30. The molecule has 0 bridgehead atoms. The fourth-order valence-corrected chi connectivity index (χ4v) is 4.47. The molecular formula is C21H17N5O. The molecule has 5 aromatic rings. The second-order valence-corrected chi connectivity index (χ2v) is 7.26. The van der Waals surface area contributed by atoms with Gasteiger partial charge < -0.3 is 9.97 Å². The van der Waals surface area contributed by atoms with Crippen molar-refractivity contribution in [2.45, 2.75) is 25.7 Å². The van der Waals surface area contributed by atoms with Gasteiger partial charge >= 0.3 is 5.69 Å². The van der Waals surface area contributed by atoms with Crippen LogP contribution in [-0.2, 0) is 12.8 Å². The molecule has 3 heterocycles. The quantitative estimate of drug-likeness (QED) is 0.427. The van der Waals surface area contributed by atoms with E-state index in [-0.39, 0.29) is 5.69 Å². The fraction of sp³-hybridized carbons (Fsp3) is 0.190. The van der Waals surface area contributed by atoms with Gasteiger partial charge in [0.15, 0.2) is 0 Å². The summed E-state index contributed by atoms with van der Waals surface area (Å²) >= 11 is 0. The lowest BCUT2D eigenvalue weighted by Gasteiger charge is -2.21. The van der Waals surface area contributed by atoms with Gasteiger partial charge in [-0.05, 0) is 61.1 Å². The molecule has 2 aromatic carbocycles. The number of H-pyrrole nitrogens is 3. The Balaban J connectivity index is 1.70. The van der Waals surface area contributed by atoms with E-state index in [0.717, 1.165) is 51.6 Å². The van der Waals surface area contributed by atoms with E-state index in [1.807, 2.05) is 30.5 Å². The zero-order valence-corrected chi connectivity index (χ0v) is 14.6. The number of benzene rings is 2. The van der Waals surface area contributed by atoms with Gasteiger partial charge in [-0.3, -0.25) is 5.10 Å². The summed E-state index contributed by atoms with van der Waals surface area (Å²) in [5.74, 6) is 0. The zero-order chi connectivity index (χ0) is 18.0. The Morgan fingerprint density at radius 3 is 2.63 bits per heavy atom. The minimum Gasteiger partial charge on any atom is -0.306 e. The maximum atomic E-state index is 11.6. The molecule has 3 aromatic heterocycles. The Labute approximate surface area is 153 Å². The van der Waals surface area contributed by atoms with Crippen LogP contribution in [-0.4, -0.2) is 25.1 Å². The van der Waals surface area contributed by atoms with Crippen LogP contribution in [0.15, 0.2) is 41.3 Å². The fourth-order valence-electron chi connectivity index (χ4n) is 4.47. The van der Waals surface area contributed by atoms with Crippen LogP contribution in [0.5, 0.6) is 0 Å². The molecule has 0 unspecified atom stereocenters. The second-order valence-electron chi connectivity index (χ2n) is 7.26. The van der Waals surface area contributed by atoms with Gasteiger partial charge in [-0.15, -0.1) is 0 Å². The average Bonchev–Trinajstić information content (AvgIpc) is 3.31. The van der Waals surface area contributed by atoms with Crippen LogP contribution in [0.3, 0.4) is 0 Å². The molecule has 0 saturated heterocycles. The van der Waals surface area contributed by atoms with Gasteiger partial charge in [-0.2, -0.15) is 5.10 Å². The molecule has 0 amide bonds. The normalized spacial score (nSPS) is 14.2. The molecule has 1 aliphatic rings. The van der Waals surface area contributed by atoms with E-state index in [0.29, 0.717) is 0 Å². The number of aromatic amines is 3. The number of hydrogen-bond donors (Lipinski definition) is 3. The maximum Gasteiger partial charge on any atom is 0.323 e. The predicted molar refractivity (Wildman–Crippen MR) is 106 cm³/mol. The van der Waals surface area contributed by atoms with Gasteiger partial charge in [-0.1, -0.05) is 6.07 Å². The summed E-state index contributed by atoms with van der Waals surface area (Å²) in [5, 5.41) is 9.68. The molecule has 0 spiro atoms. The van der Waals surface area contributed by atoms with Crippen molar-refractivity contribution in [3.63, 3.8) is 0 Å². The number of nitrogens with one attached hydrogen (secondary N) is 3. The van der Waals surface area contributed by atoms with E-state index < -0.39 is 0 Å². The summed E-state index contributed by atoms with van der Waals surface area (Å²) in [6.07, 6.45) is 6.38. The van der Waals surface area contributed by atoms with Crippen molar-refractivity contribution in [1.29, 1.82) is 0 Å². The molecule has 0 aliphatic heterocycles. The van der Waals surface area contributed by atoms with Crippen LogP contribution >= 0.6 is 0 Å². The standard InChI is InChI=1S/C21H17N5O/c27-21-24-16-6-5-11(9-18(16)25-21)20-13-4-2-1-3-12(13)19-14-10-22-26-15(14)7-8-17(19)23-20/h5-10H,1-4H2,(H,22,26)(H2,24,25,27). The third-order valence-corrected chi connectivity index (χ3v) is 5.68. The van der Waals surface area contributed by atoms with Crippen LogP contribution in [0.4, 0.5) is 0 Å². The Morgan fingerprint density at radius 1 is 0.889 bits per heavy atom. The van der Waals surface area contributed by atoms with Crippen LogP contribution in [0, 0.1) is 0 Å². The number of nitrogens with zero attached hydrogens (tertiary/aromatic N) is 2. The summed E-state index contributed by atoms with van der Waals surface area (Å²) in [6, 6.07) is 10.1. The van der Waals surface area contributed by atoms with E-state index in [1.165, 1.54) is 29.4 Å². The van der Waals surface area contributed by atoms with Gasteiger partial charge in [0.2, 0.25) is 0 Å². The largest absolute Gasteiger partial charge is 0.323 e. The van der Waals surface area contributed by atoms with Crippen molar-refractivity contribution in [1.82, 2.24) is 25.1 Å². The molecule has 1 aliphatic carbocycles. The minimum absolute atomic E-state index is 0.182. The van der Waals surface area contributed by atoms with Crippen LogP contribution in [0.25, 0.3) is 44.1 Å². The maximum absolute atomic E-state index is 11.6. The lowest BCUT2D eigenvalue weighted by atomic mass is 9.85. The van der Waals surface area contributed by atoms with Gasteiger partial charge in [-0.25, -0.2) is 9.78 Å². The van der Waals surface area contributed by atoms with Crippen molar-refractivity contribution in [2.75, 3.05) is 0 Å². The van der Waals surface area contributed by atoms with Gasteiger partial charge in [0.05, 0.1) is 34.0 Å². The first-order chi connectivity index (χ1) is 13.3. The zero-order valence-electron chi connectivity index (χ0n) is 14.6. The Hall–Kier alpha value is -3.41. The SMILES string of the molecule is O=c1[nH]c2ccc(-c3nc4ccc5[nH]ncc5c4c4c3CCCC4)cc2[nH]1. The Bertz CT molecular complexity index is 1410. The first-order valence-electron chi connectivity index (χ1n) is 9.28. The average molecular weight is 355 g/mol. The number of aromatic nitrogens is 5. The third-order valence-electron chi connectivity index (χ3n) is 5.68. The third kappa shape index (κ3) is 2.10. The first kappa shape index (κ1) is 14.7.